The summed E-state index contributed by atoms with van der Waals surface area (Å²) in [6.07, 6.45) is 1.12. The Morgan fingerprint density at radius 2 is 1.22 bits per heavy atom. The van der Waals surface area contributed by atoms with Gasteiger partial charge in [0, 0.05) is 39.5 Å². The van der Waals surface area contributed by atoms with E-state index < -0.39 is 11.9 Å². The summed E-state index contributed by atoms with van der Waals surface area (Å²) in [6, 6.07) is 0. The van der Waals surface area contributed by atoms with Gasteiger partial charge in [-0.05, 0) is 0 Å². The van der Waals surface area contributed by atoms with Gasteiger partial charge in [-0.1, -0.05) is 0 Å². The molecule has 0 aliphatic rings. The van der Waals surface area contributed by atoms with E-state index in [0.717, 1.165) is 0 Å². The van der Waals surface area contributed by atoms with E-state index in [1.807, 2.05) is 0 Å². The maximum Gasteiger partial charge on any atom is 0.328 e. The molecule has 0 aliphatic carbocycles. The fraction of sp³-hybridized carbons (Fsp3) is 0. The van der Waals surface area contributed by atoms with Gasteiger partial charge in [0.05, 0.1) is 0 Å². The number of aliphatic carboxylic acids is 2. The maximum absolute atomic E-state index is 9.55. The van der Waals surface area contributed by atoms with E-state index in [2.05, 4.69) is 0 Å². The molecule has 2 N–H and O–H groups in total. The molecule has 0 atom stereocenters. The molecule has 0 heterocycles. The van der Waals surface area contributed by atoms with Gasteiger partial charge in [0.1, 0.15) is 0 Å². The van der Waals surface area contributed by atoms with Crippen molar-refractivity contribution in [2.24, 2.45) is 0 Å². The summed E-state index contributed by atoms with van der Waals surface area (Å²) in [5.74, 6) is -2.51. The largest absolute Gasteiger partial charge is 0.478 e. The van der Waals surface area contributed by atoms with Crippen LogP contribution in [0.4, 0.5) is 0 Å². The molecule has 0 aromatic rings. The molecule has 4 nitrogen and oxygen atoms in total. The number of hydrogen-bond donors (Lipinski definition) is 2. The van der Waals surface area contributed by atoms with Gasteiger partial charge in [0.15, 0.2) is 0 Å². The van der Waals surface area contributed by atoms with Crippen LogP contribution in [0.3, 0.4) is 0 Å². The zero-order chi connectivity index (χ0) is 6.57. The first-order chi connectivity index (χ1) is 3.63. The Labute approximate surface area is 71.3 Å². The summed E-state index contributed by atoms with van der Waals surface area (Å²) >= 11 is 0. The summed E-state index contributed by atoms with van der Waals surface area (Å²) in [5.41, 5.74) is 0. The molecule has 0 bridgehead atoms. The first kappa shape index (κ1) is 11.4. The van der Waals surface area contributed by atoms with Gasteiger partial charge >= 0.3 is 11.9 Å². The third kappa shape index (κ3) is 11.3. The van der Waals surface area contributed by atoms with Crippen LogP contribution in [0.15, 0.2) is 12.2 Å². The summed E-state index contributed by atoms with van der Waals surface area (Å²) in [6.45, 7) is 0. The first-order valence-corrected chi connectivity index (χ1v) is 1.77. The van der Waals surface area contributed by atoms with Crippen molar-refractivity contribution >= 4 is 11.9 Å². The van der Waals surface area contributed by atoms with E-state index in [9.17, 15) is 9.59 Å². The van der Waals surface area contributed by atoms with Crippen LogP contribution in [0.5, 0.6) is 0 Å². The fourth-order valence-corrected chi connectivity index (χ4v) is 0.143. The van der Waals surface area contributed by atoms with E-state index in [1.54, 1.807) is 0 Å². The Morgan fingerprint density at radius 3 is 1.33 bits per heavy atom. The molecular weight excluding hydrogens is 224 g/mol. The molecule has 0 radical (unpaired) electrons. The number of carboxylic acids is 2. The number of carbonyl (C=O) groups is 2. The van der Waals surface area contributed by atoms with Crippen molar-refractivity contribution < 1.29 is 47.1 Å². The summed E-state index contributed by atoms with van der Waals surface area (Å²) < 4.78 is 0. The molecule has 9 heavy (non-hydrogen) atoms. The van der Waals surface area contributed by atoms with Crippen LogP contribution in [0.25, 0.3) is 0 Å². The van der Waals surface area contributed by atoms with Crippen molar-refractivity contribution in [2.45, 2.75) is 0 Å². The van der Waals surface area contributed by atoms with Gasteiger partial charge in [0.25, 0.3) is 0 Å². The third-order valence-corrected chi connectivity index (χ3v) is 0.368. The van der Waals surface area contributed by atoms with Crippen molar-refractivity contribution in [3.05, 3.63) is 12.2 Å². The van der Waals surface area contributed by atoms with Crippen LogP contribution in [0.2, 0.25) is 0 Å². The second-order valence-electron chi connectivity index (χ2n) is 1.01. The van der Waals surface area contributed by atoms with Gasteiger partial charge in [-0.15, -0.1) is 0 Å². The van der Waals surface area contributed by atoms with Gasteiger partial charge in [-0.3, -0.25) is 0 Å². The van der Waals surface area contributed by atoms with E-state index >= 15 is 0 Å². The van der Waals surface area contributed by atoms with Gasteiger partial charge in [0.2, 0.25) is 0 Å². The van der Waals surface area contributed by atoms with Crippen molar-refractivity contribution in [3.8, 4) is 0 Å². The smallest absolute Gasteiger partial charge is 0.328 e. The number of rotatable bonds is 2. The summed E-state index contributed by atoms with van der Waals surface area (Å²) in [7, 11) is 0. The molecule has 0 aromatic heterocycles. The zero-order valence-corrected chi connectivity index (χ0v) is 8.61. The molecule has 0 saturated carbocycles. The van der Waals surface area contributed by atoms with Gasteiger partial charge in [-0.2, -0.15) is 0 Å². The zero-order valence-electron chi connectivity index (χ0n) is 4.57. The minimum absolute atomic E-state index is 0. The minimum Gasteiger partial charge on any atom is -0.478 e. The average molecular weight is 228 g/mol. The Bertz CT molecular complexity index is 124. The summed E-state index contributed by atoms with van der Waals surface area (Å²) in [4.78, 5) is 19.1. The first-order valence-electron chi connectivity index (χ1n) is 1.77. The van der Waals surface area contributed by atoms with Crippen LogP contribution < -0.4 is 0 Å². The second-order valence-corrected chi connectivity index (χ2v) is 1.01. The second kappa shape index (κ2) is 5.73. The normalized spacial score (nSPS) is 8.44. The molecule has 0 amide bonds. The Hall–Kier alpha value is -0.398. The SMILES string of the molecule is O=C(O)C=CC(=O)O.[Cd]. The Kier molecular flexibility index (Phi) is 7.27. The van der Waals surface area contributed by atoms with E-state index in [-0.39, 0.29) is 27.3 Å². The van der Waals surface area contributed by atoms with Gasteiger partial charge < -0.3 is 10.2 Å². The van der Waals surface area contributed by atoms with Crippen LogP contribution in [-0.2, 0) is 36.9 Å². The standard InChI is InChI=1S/C4H4O4.Cd/c5-3(6)1-2-4(7)8;/h1-2H,(H,5,6)(H,7,8);. The van der Waals surface area contributed by atoms with Crippen LogP contribution >= 0.6 is 0 Å². The van der Waals surface area contributed by atoms with Crippen molar-refractivity contribution in [2.75, 3.05) is 0 Å². The fourth-order valence-electron chi connectivity index (χ4n) is 0.143. The number of carboxylic acid groups (broad SMARTS) is 2. The molecule has 0 rings (SSSR count). The van der Waals surface area contributed by atoms with Crippen molar-refractivity contribution in [3.63, 3.8) is 0 Å². The van der Waals surface area contributed by atoms with Gasteiger partial charge in [-0.25, -0.2) is 9.59 Å². The molecule has 0 unspecified atom stereocenters. The minimum atomic E-state index is -1.26. The predicted octanol–water partition coefficient (Wildman–Crippen LogP) is -0.291. The number of hydrogen-bond acceptors (Lipinski definition) is 2. The topological polar surface area (TPSA) is 74.6 Å². The van der Waals surface area contributed by atoms with Crippen LogP contribution in [0, 0.1) is 0 Å². The molecule has 46 valence electrons. The maximum atomic E-state index is 9.55. The van der Waals surface area contributed by atoms with E-state index in [4.69, 9.17) is 10.2 Å². The summed E-state index contributed by atoms with van der Waals surface area (Å²) in [5, 5.41) is 15.6. The van der Waals surface area contributed by atoms with E-state index in [0.29, 0.717) is 12.2 Å². The molecule has 0 fully saturated rings. The third-order valence-electron chi connectivity index (χ3n) is 0.368. The molecule has 0 aliphatic heterocycles. The van der Waals surface area contributed by atoms with Crippen LogP contribution in [0.1, 0.15) is 0 Å². The average Bonchev–Trinajstić information content (AvgIpc) is 1.61. The predicted molar refractivity (Wildman–Crippen MR) is 24.4 cm³/mol. The molecule has 0 aromatic carbocycles. The monoisotopic (exact) mass is 230 g/mol. The quantitative estimate of drug-likeness (QED) is 0.503. The molecule has 5 heteroatoms. The molecular formula is C4H4CdO4. The Morgan fingerprint density at radius 1 is 1.00 bits per heavy atom. The van der Waals surface area contributed by atoms with Crippen molar-refractivity contribution in [1.29, 1.82) is 0 Å². The van der Waals surface area contributed by atoms with E-state index in [1.165, 1.54) is 0 Å². The van der Waals surface area contributed by atoms with Crippen LogP contribution in [-0.4, -0.2) is 22.2 Å². The molecule has 0 spiro atoms. The Balaban J connectivity index is 0. The van der Waals surface area contributed by atoms with Crippen molar-refractivity contribution in [1.82, 2.24) is 0 Å². The molecule has 0 saturated heterocycles.